The number of hydrogen-bond acceptors (Lipinski definition) is 8. The van der Waals surface area contributed by atoms with Crippen molar-refractivity contribution in [1.29, 1.82) is 0 Å². The van der Waals surface area contributed by atoms with Gasteiger partial charge in [-0.2, -0.15) is 0 Å². The van der Waals surface area contributed by atoms with Gasteiger partial charge in [0.2, 0.25) is 5.89 Å². The fourth-order valence-corrected chi connectivity index (χ4v) is 3.33. The molecule has 2 aromatic heterocycles. The lowest BCUT2D eigenvalue weighted by Crippen LogP contribution is -2.13. The molecule has 0 aliphatic rings. The molecule has 3 aromatic rings. The summed E-state index contributed by atoms with van der Waals surface area (Å²) in [5.41, 5.74) is 7.42. The Morgan fingerprint density at radius 2 is 1.85 bits per heavy atom. The van der Waals surface area contributed by atoms with Gasteiger partial charge in [0.05, 0.1) is 22.0 Å². The monoisotopic (exact) mass is 373 g/mol. The fraction of sp³-hybridized carbons (Fsp3) is 0.294. The second-order valence-electron chi connectivity index (χ2n) is 5.96. The van der Waals surface area contributed by atoms with Crippen molar-refractivity contribution in [3.05, 3.63) is 36.4 Å². The Morgan fingerprint density at radius 3 is 2.42 bits per heavy atom. The molecule has 9 heteroatoms. The molecule has 0 atom stereocenters. The standard InChI is InChI=1S/C17H19N5O3S/c1-4-14-21-22-17(25-14)15-16(18)19-9-13(20-15)11-5-7-12(8-6-11)26(23,24)10(2)3/h5-10H,4H2,1-3H3,(H2,18,19). The SMILES string of the molecule is CCc1nnc(-c2nc(-c3ccc(S(=O)(=O)C(C)C)cc3)cnc2N)o1. The highest BCUT2D eigenvalue weighted by molar-refractivity contribution is 7.92. The first-order chi connectivity index (χ1) is 12.3. The van der Waals surface area contributed by atoms with Gasteiger partial charge in [-0.25, -0.2) is 18.4 Å². The lowest BCUT2D eigenvalue weighted by molar-refractivity contribution is 0.511. The maximum Gasteiger partial charge on any atom is 0.270 e. The quantitative estimate of drug-likeness (QED) is 0.723. The van der Waals surface area contributed by atoms with Crippen LogP contribution in [0.25, 0.3) is 22.8 Å². The second-order valence-corrected chi connectivity index (χ2v) is 8.47. The van der Waals surface area contributed by atoms with Crippen molar-refractivity contribution >= 4 is 15.7 Å². The number of nitrogens with zero attached hydrogens (tertiary/aromatic N) is 4. The summed E-state index contributed by atoms with van der Waals surface area (Å²) in [6.07, 6.45) is 2.12. The number of nitrogens with two attached hydrogens (primary N) is 1. The van der Waals surface area contributed by atoms with Gasteiger partial charge in [-0.15, -0.1) is 10.2 Å². The van der Waals surface area contributed by atoms with Crippen LogP contribution < -0.4 is 5.73 Å². The van der Waals surface area contributed by atoms with Crippen LogP contribution in [0.2, 0.25) is 0 Å². The molecule has 0 fully saturated rings. The predicted octanol–water partition coefficient (Wildman–Crippen LogP) is 2.52. The fourth-order valence-electron chi connectivity index (χ4n) is 2.27. The van der Waals surface area contributed by atoms with Crippen LogP contribution in [0.15, 0.2) is 39.8 Å². The molecule has 0 saturated heterocycles. The Bertz CT molecular complexity index is 1030. The van der Waals surface area contributed by atoms with Gasteiger partial charge in [-0.1, -0.05) is 19.1 Å². The molecule has 0 spiro atoms. The van der Waals surface area contributed by atoms with E-state index in [4.69, 9.17) is 10.2 Å². The molecule has 0 unspecified atom stereocenters. The van der Waals surface area contributed by atoms with Gasteiger partial charge >= 0.3 is 0 Å². The van der Waals surface area contributed by atoms with Gasteiger partial charge in [-0.05, 0) is 26.0 Å². The van der Waals surface area contributed by atoms with E-state index in [2.05, 4.69) is 20.2 Å². The number of rotatable bonds is 5. The normalized spacial score (nSPS) is 11.8. The maximum atomic E-state index is 12.2. The van der Waals surface area contributed by atoms with E-state index in [1.165, 1.54) is 6.20 Å². The molecule has 26 heavy (non-hydrogen) atoms. The van der Waals surface area contributed by atoms with E-state index in [0.717, 1.165) is 0 Å². The van der Waals surface area contributed by atoms with Gasteiger partial charge in [-0.3, -0.25) is 0 Å². The number of hydrogen-bond donors (Lipinski definition) is 1. The molecular formula is C17H19N5O3S. The van der Waals surface area contributed by atoms with Crippen LogP contribution in [0.4, 0.5) is 5.82 Å². The highest BCUT2D eigenvalue weighted by Gasteiger charge is 2.19. The average molecular weight is 373 g/mol. The summed E-state index contributed by atoms with van der Waals surface area (Å²) in [7, 11) is -3.32. The average Bonchev–Trinajstić information content (AvgIpc) is 3.11. The zero-order valence-electron chi connectivity index (χ0n) is 14.7. The smallest absolute Gasteiger partial charge is 0.270 e. The Morgan fingerprint density at radius 1 is 1.15 bits per heavy atom. The zero-order valence-corrected chi connectivity index (χ0v) is 15.5. The van der Waals surface area contributed by atoms with Crippen LogP contribution in [0.1, 0.15) is 26.7 Å². The molecule has 3 rings (SSSR count). The van der Waals surface area contributed by atoms with Gasteiger partial charge in [0.1, 0.15) is 0 Å². The van der Waals surface area contributed by atoms with Crippen molar-refractivity contribution < 1.29 is 12.8 Å². The highest BCUT2D eigenvalue weighted by Crippen LogP contribution is 2.26. The number of sulfone groups is 1. The third kappa shape index (κ3) is 3.30. The van der Waals surface area contributed by atoms with E-state index in [0.29, 0.717) is 29.3 Å². The van der Waals surface area contributed by atoms with Gasteiger partial charge in [0.25, 0.3) is 5.89 Å². The zero-order chi connectivity index (χ0) is 18.9. The molecule has 0 aliphatic heterocycles. The molecular weight excluding hydrogens is 354 g/mol. The van der Waals surface area contributed by atoms with Gasteiger partial charge in [0, 0.05) is 12.0 Å². The van der Waals surface area contributed by atoms with Crippen molar-refractivity contribution in [2.45, 2.75) is 37.3 Å². The minimum absolute atomic E-state index is 0.180. The minimum Gasteiger partial charge on any atom is -0.419 e. The summed E-state index contributed by atoms with van der Waals surface area (Å²) < 4.78 is 29.9. The summed E-state index contributed by atoms with van der Waals surface area (Å²) in [5, 5.41) is 7.36. The largest absolute Gasteiger partial charge is 0.419 e. The lowest BCUT2D eigenvalue weighted by atomic mass is 10.1. The first kappa shape index (κ1) is 18.0. The van der Waals surface area contributed by atoms with Crippen molar-refractivity contribution in [1.82, 2.24) is 20.2 Å². The molecule has 0 aliphatic carbocycles. The van der Waals surface area contributed by atoms with E-state index in [-0.39, 0.29) is 16.6 Å². The lowest BCUT2D eigenvalue weighted by Gasteiger charge is -2.09. The molecule has 2 heterocycles. The number of aromatic nitrogens is 4. The van der Waals surface area contributed by atoms with E-state index < -0.39 is 15.1 Å². The Hall–Kier alpha value is -2.81. The number of anilines is 1. The molecule has 1 aromatic carbocycles. The summed E-state index contributed by atoms with van der Waals surface area (Å²) in [5.74, 6) is 0.863. The van der Waals surface area contributed by atoms with E-state index in [1.807, 2.05) is 6.92 Å². The van der Waals surface area contributed by atoms with Crippen LogP contribution in [0.5, 0.6) is 0 Å². The molecule has 0 saturated carbocycles. The molecule has 2 N–H and O–H groups in total. The van der Waals surface area contributed by atoms with Gasteiger partial charge in [0.15, 0.2) is 21.3 Å². The molecule has 0 radical (unpaired) electrons. The van der Waals surface area contributed by atoms with Crippen molar-refractivity contribution in [3.63, 3.8) is 0 Å². The molecule has 0 bridgehead atoms. The Balaban J connectivity index is 1.99. The maximum absolute atomic E-state index is 12.2. The topological polar surface area (TPSA) is 125 Å². The van der Waals surface area contributed by atoms with Crippen LogP contribution in [0, 0.1) is 0 Å². The van der Waals surface area contributed by atoms with Crippen molar-refractivity contribution in [2.75, 3.05) is 5.73 Å². The van der Waals surface area contributed by atoms with Crippen LogP contribution in [0.3, 0.4) is 0 Å². The van der Waals surface area contributed by atoms with E-state index >= 15 is 0 Å². The van der Waals surface area contributed by atoms with Gasteiger partial charge < -0.3 is 10.2 Å². The highest BCUT2D eigenvalue weighted by atomic mass is 32.2. The first-order valence-electron chi connectivity index (χ1n) is 8.12. The van der Waals surface area contributed by atoms with E-state index in [1.54, 1.807) is 38.1 Å². The second kappa shape index (κ2) is 6.83. The third-order valence-corrected chi connectivity index (χ3v) is 6.04. The molecule has 8 nitrogen and oxygen atoms in total. The summed E-state index contributed by atoms with van der Waals surface area (Å²) >= 11 is 0. The number of benzene rings is 1. The summed E-state index contributed by atoms with van der Waals surface area (Å²) in [6.45, 7) is 5.20. The predicted molar refractivity (Wildman–Crippen MR) is 96.9 cm³/mol. The third-order valence-electron chi connectivity index (χ3n) is 3.87. The Labute approximate surface area is 151 Å². The van der Waals surface area contributed by atoms with Crippen molar-refractivity contribution in [2.24, 2.45) is 0 Å². The van der Waals surface area contributed by atoms with E-state index in [9.17, 15) is 8.42 Å². The summed E-state index contributed by atoms with van der Waals surface area (Å²) in [6, 6.07) is 6.49. The molecule has 136 valence electrons. The van der Waals surface area contributed by atoms with Crippen LogP contribution >= 0.6 is 0 Å². The van der Waals surface area contributed by atoms with Crippen LogP contribution in [-0.4, -0.2) is 33.8 Å². The number of aryl methyl sites for hydroxylation is 1. The van der Waals surface area contributed by atoms with Crippen LogP contribution in [-0.2, 0) is 16.3 Å². The first-order valence-corrected chi connectivity index (χ1v) is 9.67. The number of nitrogen functional groups attached to an aromatic ring is 1. The summed E-state index contributed by atoms with van der Waals surface area (Å²) in [4.78, 5) is 8.86. The molecule has 0 amide bonds. The Kier molecular flexibility index (Phi) is 4.73. The van der Waals surface area contributed by atoms with Crippen molar-refractivity contribution in [3.8, 4) is 22.8 Å². The minimum atomic E-state index is -3.32.